The molecule has 0 unspecified atom stereocenters. The summed E-state index contributed by atoms with van der Waals surface area (Å²) >= 11 is 3.08. The highest BCUT2D eigenvalue weighted by atomic mass is 32.1. The molecule has 0 spiro atoms. The fourth-order valence-corrected chi connectivity index (χ4v) is 2.54. The molecule has 1 radical (unpaired) electrons. The molecule has 2 aromatic heterocycles. The van der Waals surface area contributed by atoms with E-state index in [0.29, 0.717) is 6.61 Å². The molecule has 0 aliphatic heterocycles. The second-order valence-corrected chi connectivity index (χ2v) is 4.93. The zero-order chi connectivity index (χ0) is 10.8. The summed E-state index contributed by atoms with van der Waals surface area (Å²) in [6.45, 7) is 0.494. The number of aromatic nitrogens is 2. The van der Waals surface area contributed by atoms with Crippen LogP contribution in [0.1, 0.15) is 5.01 Å². The maximum Gasteiger partial charge on any atom is 0.153 e. The topological polar surface area (TPSA) is 35.0 Å². The second-order valence-electron chi connectivity index (χ2n) is 3.12. The van der Waals surface area contributed by atoms with E-state index in [4.69, 9.17) is 4.74 Å². The van der Waals surface area contributed by atoms with Gasteiger partial charge in [-0.3, -0.25) is 0 Å². The highest BCUT2D eigenvalue weighted by Crippen LogP contribution is 2.27. The summed E-state index contributed by atoms with van der Waals surface area (Å²) in [6.07, 6.45) is 1.78. The van der Waals surface area contributed by atoms with Crippen molar-refractivity contribution in [3.8, 4) is 5.75 Å². The van der Waals surface area contributed by atoms with Gasteiger partial charge in [-0.15, -0.1) is 22.7 Å². The van der Waals surface area contributed by atoms with Crippen LogP contribution in [0.3, 0.4) is 0 Å². The fourth-order valence-electron chi connectivity index (χ4n) is 1.39. The molecule has 0 aliphatic rings. The fraction of sp³-hybridized carbons (Fsp3) is 0.0909. The van der Waals surface area contributed by atoms with E-state index in [9.17, 15) is 0 Å². The molecule has 0 fully saturated rings. The van der Waals surface area contributed by atoms with Gasteiger partial charge < -0.3 is 4.74 Å². The van der Waals surface area contributed by atoms with Crippen LogP contribution in [-0.2, 0) is 6.61 Å². The third-order valence-corrected chi connectivity index (χ3v) is 3.59. The first-order chi connectivity index (χ1) is 7.93. The molecule has 1 aromatic carbocycles. The van der Waals surface area contributed by atoms with Crippen LogP contribution >= 0.6 is 22.7 Å². The summed E-state index contributed by atoms with van der Waals surface area (Å²) < 4.78 is 6.79. The highest BCUT2D eigenvalue weighted by Gasteiger charge is 2.05. The predicted octanol–water partition coefficient (Wildman–Crippen LogP) is 3.13. The number of para-hydroxylation sites is 1. The molecular weight excluding hydrogens is 240 g/mol. The van der Waals surface area contributed by atoms with Gasteiger partial charge in [0, 0.05) is 11.6 Å². The van der Waals surface area contributed by atoms with Gasteiger partial charge in [-0.1, -0.05) is 6.07 Å². The van der Waals surface area contributed by atoms with E-state index in [0.717, 1.165) is 21.0 Å². The van der Waals surface area contributed by atoms with E-state index >= 15 is 0 Å². The van der Waals surface area contributed by atoms with Crippen LogP contribution in [0.15, 0.2) is 29.8 Å². The van der Waals surface area contributed by atoms with E-state index in [1.807, 2.05) is 23.6 Å². The van der Waals surface area contributed by atoms with Crippen LogP contribution < -0.4 is 4.74 Å². The minimum absolute atomic E-state index is 0.494. The van der Waals surface area contributed by atoms with Gasteiger partial charge in [-0.2, -0.15) is 0 Å². The van der Waals surface area contributed by atoms with Gasteiger partial charge >= 0.3 is 0 Å². The van der Waals surface area contributed by atoms with E-state index in [-0.39, 0.29) is 0 Å². The zero-order valence-corrected chi connectivity index (χ0v) is 9.85. The van der Waals surface area contributed by atoms with E-state index in [1.165, 1.54) is 11.3 Å². The average Bonchev–Trinajstić information content (AvgIpc) is 2.97. The molecule has 0 aliphatic carbocycles. The van der Waals surface area contributed by atoms with E-state index < -0.39 is 0 Å². The lowest BCUT2D eigenvalue weighted by Crippen LogP contribution is -1.94. The Labute approximate surface area is 100 Å². The Morgan fingerprint density at radius 3 is 3.25 bits per heavy atom. The summed E-state index contributed by atoms with van der Waals surface area (Å²) in [6, 6.07) is 5.90. The summed E-state index contributed by atoms with van der Waals surface area (Å²) in [7, 11) is 0. The summed E-state index contributed by atoms with van der Waals surface area (Å²) in [5.74, 6) is 0.796. The quantitative estimate of drug-likeness (QED) is 0.713. The first-order valence-corrected chi connectivity index (χ1v) is 6.40. The Kier molecular flexibility index (Phi) is 2.55. The van der Waals surface area contributed by atoms with Gasteiger partial charge in [0.15, 0.2) is 5.51 Å². The third kappa shape index (κ3) is 1.79. The smallest absolute Gasteiger partial charge is 0.153 e. The lowest BCUT2D eigenvalue weighted by Gasteiger charge is -2.03. The predicted molar refractivity (Wildman–Crippen MR) is 64.9 cm³/mol. The molecule has 79 valence electrons. The number of nitrogens with zero attached hydrogens (tertiary/aromatic N) is 2. The zero-order valence-electron chi connectivity index (χ0n) is 8.21. The lowest BCUT2D eigenvalue weighted by molar-refractivity contribution is 0.309. The first kappa shape index (κ1) is 9.74. The van der Waals surface area contributed by atoms with Crippen LogP contribution in [0.5, 0.6) is 5.75 Å². The number of benzene rings is 1. The van der Waals surface area contributed by atoms with Crippen molar-refractivity contribution >= 4 is 32.9 Å². The van der Waals surface area contributed by atoms with Crippen molar-refractivity contribution in [3.05, 3.63) is 40.3 Å². The van der Waals surface area contributed by atoms with Crippen molar-refractivity contribution in [2.24, 2.45) is 0 Å². The maximum absolute atomic E-state index is 5.69. The molecule has 3 aromatic rings. The largest absolute Gasteiger partial charge is 0.484 e. The Morgan fingerprint density at radius 1 is 1.38 bits per heavy atom. The van der Waals surface area contributed by atoms with E-state index in [2.05, 4.69) is 15.5 Å². The van der Waals surface area contributed by atoms with Crippen molar-refractivity contribution in [2.75, 3.05) is 0 Å². The molecule has 0 saturated carbocycles. The Hall–Kier alpha value is -1.46. The maximum atomic E-state index is 5.69. The standard InChI is InChI=1S/C11H7N2OS2/c1-2-8(11-9(3-1)16-7-13-11)14-6-10-12-4-5-15-10/h1-5H,6H2. The van der Waals surface area contributed by atoms with E-state index in [1.54, 1.807) is 17.5 Å². The second kappa shape index (κ2) is 4.19. The van der Waals surface area contributed by atoms with Crippen molar-refractivity contribution in [1.29, 1.82) is 0 Å². The average molecular weight is 247 g/mol. The van der Waals surface area contributed by atoms with Gasteiger partial charge in [-0.05, 0) is 12.1 Å². The third-order valence-electron chi connectivity index (χ3n) is 2.11. The molecule has 0 amide bonds. The monoisotopic (exact) mass is 247 g/mol. The van der Waals surface area contributed by atoms with Gasteiger partial charge in [-0.25, -0.2) is 9.97 Å². The van der Waals surface area contributed by atoms with Crippen LogP contribution in [0, 0.1) is 5.51 Å². The molecule has 0 atom stereocenters. The van der Waals surface area contributed by atoms with Crippen molar-refractivity contribution < 1.29 is 4.74 Å². The molecule has 2 heterocycles. The molecule has 16 heavy (non-hydrogen) atoms. The minimum atomic E-state index is 0.494. The molecule has 0 N–H and O–H groups in total. The van der Waals surface area contributed by atoms with Crippen molar-refractivity contribution in [3.63, 3.8) is 0 Å². The number of hydrogen-bond donors (Lipinski definition) is 0. The van der Waals surface area contributed by atoms with Crippen molar-refractivity contribution in [2.45, 2.75) is 6.61 Å². The SMILES string of the molecule is [c]1nc2c(OCc3nccs3)cccc2s1. The number of ether oxygens (including phenoxy) is 1. The molecular formula is C11H7N2OS2. The molecule has 0 bridgehead atoms. The summed E-state index contributed by atoms with van der Waals surface area (Å²) in [5, 5.41) is 2.91. The number of hydrogen-bond acceptors (Lipinski definition) is 5. The lowest BCUT2D eigenvalue weighted by atomic mass is 10.3. The summed E-state index contributed by atoms with van der Waals surface area (Å²) in [4.78, 5) is 8.34. The Morgan fingerprint density at radius 2 is 2.38 bits per heavy atom. The van der Waals surface area contributed by atoms with Gasteiger partial charge in [0.1, 0.15) is 22.9 Å². The molecule has 3 nitrogen and oxygen atoms in total. The Balaban J connectivity index is 1.86. The minimum Gasteiger partial charge on any atom is -0.484 e. The number of rotatable bonds is 3. The van der Waals surface area contributed by atoms with Crippen LogP contribution in [-0.4, -0.2) is 9.97 Å². The number of thiazole rings is 2. The molecule has 5 heteroatoms. The normalized spacial score (nSPS) is 10.8. The van der Waals surface area contributed by atoms with Crippen LogP contribution in [0.2, 0.25) is 0 Å². The number of fused-ring (bicyclic) bond motifs is 1. The van der Waals surface area contributed by atoms with Crippen molar-refractivity contribution in [1.82, 2.24) is 9.97 Å². The highest BCUT2D eigenvalue weighted by molar-refractivity contribution is 7.16. The summed E-state index contributed by atoms with van der Waals surface area (Å²) in [5.41, 5.74) is 3.75. The van der Waals surface area contributed by atoms with Crippen LogP contribution in [0.25, 0.3) is 10.2 Å². The first-order valence-electron chi connectivity index (χ1n) is 4.70. The molecule has 3 rings (SSSR count). The van der Waals surface area contributed by atoms with Gasteiger partial charge in [0.2, 0.25) is 0 Å². The Bertz CT molecular complexity index is 589. The van der Waals surface area contributed by atoms with Gasteiger partial charge in [0.05, 0.1) is 4.70 Å². The molecule has 0 saturated heterocycles. The van der Waals surface area contributed by atoms with Gasteiger partial charge in [0.25, 0.3) is 0 Å². The van der Waals surface area contributed by atoms with Crippen LogP contribution in [0.4, 0.5) is 0 Å².